The molecule has 84 valence electrons. The number of sulfone groups is 1. The first-order valence-electron chi connectivity index (χ1n) is 4.65. The highest BCUT2D eigenvalue weighted by molar-refractivity contribution is 7.91. The van der Waals surface area contributed by atoms with Gasteiger partial charge < -0.3 is 5.32 Å². The van der Waals surface area contributed by atoms with Crippen LogP contribution in [0.1, 0.15) is 16.8 Å². The van der Waals surface area contributed by atoms with Crippen LogP contribution >= 0.6 is 0 Å². The lowest BCUT2D eigenvalue weighted by Gasteiger charge is -2.06. The summed E-state index contributed by atoms with van der Waals surface area (Å²) in [7, 11) is -3.44. The molecule has 0 atom stereocenters. The van der Waals surface area contributed by atoms with Crippen LogP contribution in [0.2, 0.25) is 0 Å². The molecular weight excluding hydrogens is 230 g/mol. The van der Waals surface area contributed by atoms with E-state index >= 15 is 0 Å². The van der Waals surface area contributed by atoms with Gasteiger partial charge in [-0.1, -0.05) is 6.07 Å². The Kier molecular flexibility index (Phi) is 2.51. The van der Waals surface area contributed by atoms with Crippen LogP contribution in [-0.2, 0) is 14.6 Å². The van der Waals surface area contributed by atoms with E-state index in [1.54, 1.807) is 0 Å². The number of amides is 1. The van der Waals surface area contributed by atoms with Crippen molar-refractivity contribution in [2.45, 2.75) is 11.3 Å². The number of rotatable bonds is 1. The molecule has 2 rings (SSSR count). The molecule has 0 radical (unpaired) electrons. The molecule has 0 aromatic heterocycles. The van der Waals surface area contributed by atoms with Crippen molar-refractivity contribution in [3.05, 3.63) is 23.8 Å². The van der Waals surface area contributed by atoms with E-state index in [1.165, 1.54) is 18.2 Å². The topological polar surface area (TPSA) is 80.3 Å². The maximum Gasteiger partial charge on any atom is 0.225 e. The summed E-state index contributed by atoms with van der Waals surface area (Å²) >= 11 is 0. The van der Waals surface area contributed by atoms with Gasteiger partial charge in [-0.2, -0.15) is 0 Å². The molecule has 5 nitrogen and oxygen atoms in total. The van der Waals surface area contributed by atoms with Crippen molar-refractivity contribution in [3.63, 3.8) is 0 Å². The van der Waals surface area contributed by atoms with Crippen molar-refractivity contribution in [1.29, 1.82) is 0 Å². The van der Waals surface area contributed by atoms with Gasteiger partial charge in [-0.3, -0.25) is 9.59 Å². The second-order valence-corrected chi connectivity index (χ2v) is 5.57. The van der Waals surface area contributed by atoms with Crippen molar-refractivity contribution in [1.82, 2.24) is 0 Å². The Morgan fingerprint density at radius 3 is 2.75 bits per heavy atom. The van der Waals surface area contributed by atoms with Crippen LogP contribution in [0.25, 0.3) is 0 Å². The fourth-order valence-electron chi connectivity index (χ4n) is 1.54. The van der Waals surface area contributed by atoms with Crippen molar-refractivity contribution in [2.75, 3.05) is 11.1 Å². The van der Waals surface area contributed by atoms with Crippen LogP contribution in [0, 0.1) is 0 Å². The van der Waals surface area contributed by atoms with E-state index in [9.17, 15) is 18.0 Å². The Morgan fingerprint density at radius 1 is 1.31 bits per heavy atom. The van der Waals surface area contributed by atoms with Crippen LogP contribution in [0.3, 0.4) is 0 Å². The Bertz CT molecular complexity index is 562. The molecule has 0 bridgehead atoms. The summed E-state index contributed by atoms with van der Waals surface area (Å²) < 4.78 is 23.5. The number of hydrogen-bond acceptors (Lipinski definition) is 4. The molecule has 0 spiro atoms. The molecule has 0 saturated carbocycles. The highest BCUT2D eigenvalue weighted by Crippen LogP contribution is 2.26. The van der Waals surface area contributed by atoms with Gasteiger partial charge in [0, 0.05) is 12.0 Å². The van der Waals surface area contributed by atoms with Crippen LogP contribution in [0.5, 0.6) is 0 Å². The van der Waals surface area contributed by atoms with Crippen molar-refractivity contribution >= 4 is 27.7 Å². The maximum atomic E-state index is 11.8. The van der Waals surface area contributed by atoms with Crippen LogP contribution in [0.15, 0.2) is 23.1 Å². The number of benzene rings is 1. The van der Waals surface area contributed by atoms with Gasteiger partial charge in [-0.05, 0) is 12.1 Å². The van der Waals surface area contributed by atoms with Gasteiger partial charge in [0.05, 0.1) is 16.3 Å². The van der Waals surface area contributed by atoms with Gasteiger partial charge in [0.25, 0.3) is 0 Å². The number of nitrogens with one attached hydrogen (secondary N) is 1. The second kappa shape index (κ2) is 3.71. The van der Waals surface area contributed by atoms with Crippen molar-refractivity contribution < 1.29 is 18.0 Å². The fraction of sp³-hybridized carbons (Fsp3) is 0.200. The maximum absolute atomic E-state index is 11.8. The van der Waals surface area contributed by atoms with Gasteiger partial charge in [0.2, 0.25) is 5.91 Å². The smallest absolute Gasteiger partial charge is 0.225 e. The van der Waals surface area contributed by atoms with Crippen LogP contribution in [-0.4, -0.2) is 26.4 Å². The third-order valence-electron chi connectivity index (χ3n) is 2.35. The summed E-state index contributed by atoms with van der Waals surface area (Å²) in [6, 6.07) is 4.13. The predicted octanol–water partition coefficient (Wildman–Crippen LogP) is 0.615. The molecule has 1 amide bonds. The molecule has 1 aromatic carbocycles. The molecule has 0 aliphatic carbocycles. The van der Waals surface area contributed by atoms with Crippen molar-refractivity contribution in [3.8, 4) is 0 Å². The standard InChI is InChI=1S/C10H9NO4S/c12-6-7-1-2-9-8(5-7)11-10(13)3-4-16(9,14)15/h1-2,5-6H,3-4H2,(H,11,13). The third-order valence-corrected chi connectivity index (χ3v) is 4.11. The average molecular weight is 239 g/mol. The Labute approximate surface area is 92.4 Å². The van der Waals surface area contributed by atoms with E-state index in [1.807, 2.05) is 0 Å². The Balaban J connectivity index is 2.65. The normalized spacial score (nSPS) is 18.1. The quantitative estimate of drug-likeness (QED) is 0.728. The molecule has 16 heavy (non-hydrogen) atoms. The SMILES string of the molecule is O=Cc1ccc2c(c1)NC(=O)CCS2(=O)=O. The number of aldehydes is 1. The second-order valence-electron chi connectivity index (χ2n) is 3.49. The minimum absolute atomic E-state index is 0.0621. The number of hydrogen-bond donors (Lipinski definition) is 1. The van der Waals surface area contributed by atoms with E-state index in [0.717, 1.165) is 0 Å². The van der Waals surface area contributed by atoms with Gasteiger partial charge >= 0.3 is 0 Å². The zero-order valence-corrected chi connectivity index (χ0v) is 9.08. The molecule has 1 aliphatic heterocycles. The van der Waals surface area contributed by atoms with E-state index in [2.05, 4.69) is 5.32 Å². The largest absolute Gasteiger partial charge is 0.325 e. The number of carbonyl (C=O) groups is 2. The summed E-state index contributed by atoms with van der Waals surface area (Å²) in [5, 5.41) is 2.48. The minimum atomic E-state index is -3.44. The highest BCUT2D eigenvalue weighted by Gasteiger charge is 2.25. The number of fused-ring (bicyclic) bond motifs is 1. The molecule has 1 N–H and O–H groups in total. The molecule has 0 unspecified atom stereocenters. The van der Waals surface area contributed by atoms with Crippen LogP contribution in [0.4, 0.5) is 5.69 Å². The van der Waals surface area contributed by atoms with E-state index < -0.39 is 9.84 Å². The highest BCUT2D eigenvalue weighted by atomic mass is 32.2. The average Bonchev–Trinajstić information content (AvgIpc) is 2.36. The molecular formula is C10H9NO4S. The van der Waals surface area contributed by atoms with Crippen molar-refractivity contribution in [2.24, 2.45) is 0 Å². The third kappa shape index (κ3) is 1.83. The Morgan fingerprint density at radius 2 is 2.06 bits per heavy atom. The monoisotopic (exact) mass is 239 g/mol. The summed E-state index contributed by atoms with van der Waals surface area (Å²) in [5.41, 5.74) is 0.517. The summed E-state index contributed by atoms with van der Waals surface area (Å²) in [6.45, 7) is 0. The molecule has 6 heteroatoms. The molecule has 0 saturated heterocycles. The molecule has 1 aliphatic rings. The first kappa shape index (κ1) is 10.8. The first-order chi connectivity index (χ1) is 7.53. The summed E-state index contributed by atoms with van der Waals surface area (Å²) in [6.07, 6.45) is 0.539. The van der Waals surface area contributed by atoms with E-state index in [0.29, 0.717) is 11.8 Å². The fourth-order valence-corrected chi connectivity index (χ4v) is 2.93. The van der Waals surface area contributed by atoms with Gasteiger partial charge in [-0.15, -0.1) is 0 Å². The van der Waals surface area contributed by atoms with Gasteiger partial charge in [0.1, 0.15) is 6.29 Å². The lowest BCUT2D eigenvalue weighted by Crippen LogP contribution is -2.11. The Hall–Kier alpha value is -1.69. The predicted molar refractivity (Wildman–Crippen MR) is 57.1 cm³/mol. The van der Waals surface area contributed by atoms with E-state index in [-0.39, 0.29) is 28.7 Å². The first-order valence-corrected chi connectivity index (χ1v) is 6.30. The molecule has 0 fully saturated rings. The summed E-state index contributed by atoms with van der Waals surface area (Å²) in [5.74, 6) is -0.558. The lowest BCUT2D eigenvalue weighted by atomic mass is 10.2. The number of carbonyl (C=O) groups excluding carboxylic acids is 2. The van der Waals surface area contributed by atoms with E-state index in [4.69, 9.17) is 0 Å². The molecule has 1 aromatic rings. The zero-order chi connectivity index (χ0) is 11.8. The van der Waals surface area contributed by atoms with Gasteiger partial charge in [0.15, 0.2) is 9.84 Å². The van der Waals surface area contributed by atoms with Crippen LogP contribution < -0.4 is 5.32 Å². The minimum Gasteiger partial charge on any atom is -0.325 e. The number of anilines is 1. The van der Waals surface area contributed by atoms with Gasteiger partial charge in [-0.25, -0.2) is 8.42 Å². The lowest BCUT2D eigenvalue weighted by molar-refractivity contribution is -0.115. The zero-order valence-electron chi connectivity index (χ0n) is 8.26. The summed E-state index contributed by atoms with van der Waals surface area (Å²) in [4.78, 5) is 21.9. The molecule has 1 heterocycles.